The summed E-state index contributed by atoms with van der Waals surface area (Å²) in [6.07, 6.45) is 0. The Hall–Kier alpha value is -2.62. The number of hydrogen-bond donors (Lipinski definition) is 1. The lowest BCUT2D eigenvalue weighted by Crippen LogP contribution is -1.98. The SMILES string of the molecule is Cc1ccc2c(c1)nc(-c1cccc(C(=O)O)c1)n2C. The number of carboxylic acid groups (broad SMARTS) is 1. The number of nitrogens with zero attached hydrogens (tertiary/aromatic N) is 2. The van der Waals surface area contributed by atoms with Gasteiger partial charge in [0.25, 0.3) is 0 Å². The highest BCUT2D eigenvalue weighted by atomic mass is 16.4. The average Bonchev–Trinajstić information content (AvgIpc) is 2.75. The van der Waals surface area contributed by atoms with Crippen LogP contribution in [-0.2, 0) is 7.05 Å². The second kappa shape index (κ2) is 4.49. The lowest BCUT2D eigenvalue weighted by molar-refractivity contribution is 0.0697. The number of aryl methyl sites for hydroxylation is 2. The first-order chi connectivity index (χ1) is 9.56. The van der Waals surface area contributed by atoms with Gasteiger partial charge < -0.3 is 9.67 Å². The number of benzene rings is 2. The summed E-state index contributed by atoms with van der Waals surface area (Å²) in [5.41, 5.74) is 4.18. The Kier molecular flexibility index (Phi) is 2.79. The van der Waals surface area contributed by atoms with Crippen molar-refractivity contribution in [1.29, 1.82) is 0 Å². The topological polar surface area (TPSA) is 55.1 Å². The molecule has 0 aliphatic heterocycles. The predicted molar refractivity (Wildman–Crippen MR) is 77.8 cm³/mol. The molecule has 0 fully saturated rings. The standard InChI is InChI=1S/C16H14N2O2/c1-10-6-7-14-13(8-10)17-15(18(14)2)11-4-3-5-12(9-11)16(19)20/h3-9H,1-2H3,(H,19,20). The minimum absolute atomic E-state index is 0.269. The van der Waals surface area contributed by atoms with Crippen LogP contribution in [0.25, 0.3) is 22.4 Å². The Labute approximate surface area is 116 Å². The maximum absolute atomic E-state index is 11.1. The number of fused-ring (bicyclic) bond motifs is 1. The number of rotatable bonds is 2. The third kappa shape index (κ3) is 1.95. The molecular formula is C16H14N2O2. The Morgan fingerprint density at radius 3 is 2.75 bits per heavy atom. The first kappa shape index (κ1) is 12.4. The van der Waals surface area contributed by atoms with Crippen LogP contribution in [-0.4, -0.2) is 20.6 Å². The molecule has 0 amide bonds. The van der Waals surface area contributed by atoms with Crippen LogP contribution in [0.3, 0.4) is 0 Å². The number of carboxylic acids is 1. The van der Waals surface area contributed by atoms with Crippen LogP contribution in [0.1, 0.15) is 15.9 Å². The van der Waals surface area contributed by atoms with Gasteiger partial charge in [-0.15, -0.1) is 0 Å². The molecule has 0 spiro atoms. The first-order valence-corrected chi connectivity index (χ1v) is 6.33. The fraction of sp³-hybridized carbons (Fsp3) is 0.125. The van der Waals surface area contributed by atoms with Gasteiger partial charge in [0.2, 0.25) is 0 Å². The van der Waals surface area contributed by atoms with Crippen molar-refractivity contribution in [2.75, 3.05) is 0 Å². The maximum atomic E-state index is 11.1. The van der Waals surface area contributed by atoms with E-state index < -0.39 is 5.97 Å². The molecular weight excluding hydrogens is 252 g/mol. The summed E-state index contributed by atoms with van der Waals surface area (Å²) >= 11 is 0. The van der Waals surface area contributed by atoms with E-state index >= 15 is 0 Å². The van der Waals surface area contributed by atoms with Gasteiger partial charge in [0.1, 0.15) is 5.82 Å². The van der Waals surface area contributed by atoms with Gasteiger partial charge in [-0.1, -0.05) is 18.2 Å². The van der Waals surface area contributed by atoms with E-state index in [0.717, 1.165) is 28.0 Å². The zero-order valence-corrected chi connectivity index (χ0v) is 11.3. The first-order valence-electron chi connectivity index (χ1n) is 6.33. The van der Waals surface area contributed by atoms with Gasteiger partial charge in [0, 0.05) is 12.6 Å². The molecule has 0 saturated carbocycles. The van der Waals surface area contributed by atoms with Crippen LogP contribution in [0.2, 0.25) is 0 Å². The van der Waals surface area contributed by atoms with Gasteiger partial charge >= 0.3 is 5.97 Å². The van der Waals surface area contributed by atoms with Crippen molar-refractivity contribution in [2.45, 2.75) is 6.92 Å². The van der Waals surface area contributed by atoms with Crippen molar-refractivity contribution in [3.05, 3.63) is 53.6 Å². The average molecular weight is 266 g/mol. The van der Waals surface area contributed by atoms with Gasteiger partial charge in [-0.25, -0.2) is 9.78 Å². The second-order valence-corrected chi connectivity index (χ2v) is 4.87. The number of hydrogen-bond acceptors (Lipinski definition) is 2. The van der Waals surface area contributed by atoms with Gasteiger partial charge in [-0.2, -0.15) is 0 Å². The lowest BCUT2D eigenvalue weighted by Gasteiger charge is -2.03. The lowest BCUT2D eigenvalue weighted by atomic mass is 10.1. The molecule has 0 aliphatic carbocycles. The zero-order valence-electron chi connectivity index (χ0n) is 11.3. The number of aromatic carboxylic acids is 1. The quantitative estimate of drug-likeness (QED) is 0.774. The molecule has 1 aromatic heterocycles. The fourth-order valence-corrected chi connectivity index (χ4v) is 2.36. The number of aromatic nitrogens is 2. The molecule has 100 valence electrons. The van der Waals surface area contributed by atoms with Crippen molar-refractivity contribution < 1.29 is 9.90 Å². The Morgan fingerprint density at radius 1 is 1.20 bits per heavy atom. The molecule has 2 aromatic carbocycles. The van der Waals surface area contributed by atoms with Crippen LogP contribution in [0, 0.1) is 6.92 Å². The highest BCUT2D eigenvalue weighted by Gasteiger charge is 2.11. The molecule has 0 bridgehead atoms. The molecule has 3 rings (SSSR count). The molecule has 0 saturated heterocycles. The maximum Gasteiger partial charge on any atom is 0.335 e. The normalized spacial score (nSPS) is 10.9. The Balaban J connectivity index is 2.21. The van der Waals surface area contributed by atoms with E-state index in [2.05, 4.69) is 4.98 Å². The summed E-state index contributed by atoms with van der Waals surface area (Å²) in [6, 6.07) is 12.9. The number of imidazole rings is 1. The van der Waals surface area contributed by atoms with Crippen LogP contribution < -0.4 is 0 Å². The monoisotopic (exact) mass is 266 g/mol. The fourth-order valence-electron chi connectivity index (χ4n) is 2.36. The summed E-state index contributed by atoms with van der Waals surface area (Å²) in [4.78, 5) is 15.7. The van der Waals surface area contributed by atoms with Crippen molar-refractivity contribution in [1.82, 2.24) is 9.55 Å². The van der Waals surface area contributed by atoms with Crippen molar-refractivity contribution in [3.63, 3.8) is 0 Å². The van der Waals surface area contributed by atoms with Crippen LogP contribution >= 0.6 is 0 Å². The molecule has 0 radical (unpaired) electrons. The zero-order chi connectivity index (χ0) is 14.3. The minimum Gasteiger partial charge on any atom is -0.478 e. The molecule has 0 aliphatic rings. The molecule has 1 N–H and O–H groups in total. The van der Waals surface area contributed by atoms with E-state index in [1.165, 1.54) is 0 Å². The van der Waals surface area contributed by atoms with Gasteiger partial charge in [-0.3, -0.25) is 0 Å². The van der Waals surface area contributed by atoms with E-state index in [9.17, 15) is 4.79 Å². The molecule has 4 nitrogen and oxygen atoms in total. The third-order valence-corrected chi connectivity index (χ3v) is 3.40. The van der Waals surface area contributed by atoms with Crippen molar-refractivity contribution >= 4 is 17.0 Å². The van der Waals surface area contributed by atoms with Crippen molar-refractivity contribution in [2.24, 2.45) is 7.05 Å². The predicted octanol–water partition coefficient (Wildman–Crippen LogP) is 3.25. The molecule has 20 heavy (non-hydrogen) atoms. The van der Waals surface area contributed by atoms with Gasteiger partial charge in [0.15, 0.2) is 0 Å². The molecule has 0 unspecified atom stereocenters. The van der Waals surface area contributed by atoms with E-state index in [4.69, 9.17) is 5.11 Å². The van der Waals surface area contributed by atoms with E-state index in [1.54, 1.807) is 18.2 Å². The Morgan fingerprint density at radius 2 is 2.00 bits per heavy atom. The smallest absolute Gasteiger partial charge is 0.335 e. The largest absolute Gasteiger partial charge is 0.478 e. The highest BCUT2D eigenvalue weighted by molar-refractivity contribution is 5.89. The summed E-state index contributed by atoms with van der Waals surface area (Å²) in [7, 11) is 1.94. The molecule has 1 heterocycles. The highest BCUT2D eigenvalue weighted by Crippen LogP contribution is 2.25. The van der Waals surface area contributed by atoms with Crippen molar-refractivity contribution in [3.8, 4) is 11.4 Å². The summed E-state index contributed by atoms with van der Waals surface area (Å²) in [5, 5.41) is 9.07. The molecule has 3 aromatic rings. The van der Waals surface area contributed by atoms with E-state index in [-0.39, 0.29) is 5.56 Å². The Bertz CT molecular complexity index is 818. The summed E-state index contributed by atoms with van der Waals surface area (Å²) in [5.74, 6) is -0.157. The molecule has 0 atom stereocenters. The van der Waals surface area contributed by atoms with E-state index in [1.807, 2.05) is 42.8 Å². The number of carbonyl (C=O) groups is 1. The summed E-state index contributed by atoms with van der Waals surface area (Å²) in [6.45, 7) is 2.03. The van der Waals surface area contributed by atoms with E-state index in [0.29, 0.717) is 0 Å². The van der Waals surface area contributed by atoms with Crippen LogP contribution in [0.5, 0.6) is 0 Å². The van der Waals surface area contributed by atoms with Crippen LogP contribution in [0.4, 0.5) is 0 Å². The van der Waals surface area contributed by atoms with Crippen LogP contribution in [0.15, 0.2) is 42.5 Å². The third-order valence-electron chi connectivity index (χ3n) is 3.40. The summed E-state index contributed by atoms with van der Waals surface area (Å²) < 4.78 is 1.98. The van der Waals surface area contributed by atoms with Gasteiger partial charge in [-0.05, 0) is 36.8 Å². The second-order valence-electron chi connectivity index (χ2n) is 4.87. The molecule has 4 heteroatoms. The van der Waals surface area contributed by atoms with Gasteiger partial charge in [0.05, 0.1) is 16.6 Å². The minimum atomic E-state index is -0.929.